The second-order valence-corrected chi connectivity index (χ2v) is 7.89. The number of benzene rings is 2. The number of aromatic nitrogens is 3. The van der Waals surface area contributed by atoms with Crippen molar-refractivity contribution in [3.8, 4) is 28.6 Å². The summed E-state index contributed by atoms with van der Waals surface area (Å²) in [6.07, 6.45) is 3.29. The van der Waals surface area contributed by atoms with Crippen LogP contribution in [0.2, 0.25) is 5.02 Å². The Balaban J connectivity index is 1.79. The van der Waals surface area contributed by atoms with Crippen LogP contribution in [0.4, 0.5) is 0 Å². The summed E-state index contributed by atoms with van der Waals surface area (Å²) >= 11 is 9.56. The summed E-state index contributed by atoms with van der Waals surface area (Å²) in [5, 5.41) is 1.36. The van der Waals surface area contributed by atoms with E-state index in [0.29, 0.717) is 28.0 Å². The molecule has 0 saturated heterocycles. The van der Waals surface area contributed by atoms with Gasteiger partial charge in [-0.15, -0.1) is 0 Å². The summed E-state index contributed by atoms with van der Waals surface area (Å²) < 4.78 is 8.34. The number of oxazole rings is 1. The molecule has 7 heteroatoms. The van der Waals surface area contributed by atoms with Crippen molar-refractivity contribution in [2.24, 2.45) is 0 Å². The molecule has 0 unspecified atom stereocenters. The molecule has 5 rings (SSSR count). The average molecular weight is 479 g/mol. The van der Waals surface area contributed by atoms with Gasteiger partial charge in [0.25, 0.3) is 5.56 Å². The lowest BCUT2D eigenvalue weighted by Gasteiger charge is -2.07. The monoisotopic (exact) mass is 477 g/mol. The minimum Gasteiger partial charge on any atom is -0.434 e. The van der Waals surface area contributed by atoms with E-state index in [1.54, 1.807) is 30.6 Å². The molecule has 0 spiro atoms. The molecule has 0 bridgehead atoms. The van der Waals surface area contributed by atoms with Crippen LogP contribution in [0.5, 0.6) is 0 Å². The van der Waals surface area contributed by atoms with Gasteiger partial charge in [-0.05, 0) is 52.3 Å². The quantitative estimate of drug-likeness (QED) is 0.313. The maximum Gasteiger partial charge on any atom is 0.282 e. The van der Waals surface area contributed by atoms with Crippen molar-refractivity contribution in [1.29, 1.82) is 0 Å². The van der Waals surface area contributed by atoms with Gasteiger partial charge in [0.1, 0.15) is 5.52 Å². The van der Waals surface area contributed by atoms with Crippen LogP contribution in [0.1, 0.15) is 0 Å². The van der Waals surface area contributed by atoms with Gasteiger partial charge < -0.3 is 4.42 Å². The highest BCUT2D eigenvalue weighted by Gasteiger charge is 2.21. The molecular formula is C23H13BrClN3O2. The molecule has 0 aliphatic carbocycles. The molecule has 0 aliphatic heterocycles. The number of hydrogen-bond acceptors (Lipinski definition) is 4. The standard InChI is InChI=1S/C23H13BrClN3O2/c24-18-13-28(23(29)19-17(18)7-4-12-26-19)21-20(14-5-2-1-3-6-14)30-22(27-21)15-8-10-16(25)11-9-15/h1-13H. The van der Waals surface area contributed by atoms with Crippen LogP contribution in [0.15, 0.2) is 92.8 Å². The van der Waals surface area contributed by atoms with Crippen LogP contribution in [0, 0.1) is 0 Å². The molecule has 3 aromatic heterocycles. The molecular weight excluding hydrogens is 466 g/mol. The molecule has 0 amide bonds. The third-order valence-corrected chi connectivity index (χ3v) is 5.58. The maximum absolute atomic E-state index is 13.2. The third-order valence-electron chi connectivity index (χ3n) is 4.69. The Morgan fingerprint density at radius 3 is 2.47 bits per heavy atom. The Kier molecular flexibility index (Phi) is 4.73. The fourth-order valence-corrected chi connectivity index (χ4v) is 3.90. The van der Waals surface area contributed by atoms with Crippen molar-refractivity contribution < 1.29 is 4.42 Å². The normalized spacial score (nSPS) is 11.1. The molecule has 5 aromatic rings. The minimum atomic E-state index is -0.276. The van der Waals surface area contributed by atoms with Gasteiger partial charge in [-0.2, -0.15) is 4.98 Å². The zero-order valence-electron chi connectivity index (χ0n) is 15.4. The van der Waals surface area contributed by atoms with Crippen LogP contribution in [-0.4, -0.2) is 14.5 Å². The summed E-state index contributed by atoms with van der Waals surface area (Å²) in [5.74, 6) is 1.28. The van der Waals surface area contributed by atoms with E-state index in [4.69, 9.17) is 16.0 Å². The minimum absolute atomic E-state index is 0.276. The number of hydrogen-bond donors (Lipinski definition) is 0. The topological polar surface area (TPSA) is 60.9 Å². The smallest absolute Gasteiger partial charge is 0.282 e. The van der Waals surface area contributed by atoms with Gasteiger partial charge in [0.15, 0.2) is 11.6 Å². The molecule has 30 heavy (non-hydrogen) atoms. The van der Waals surface area contributed by atoms with Crippen LogP contribution in [-0.2, 0) is 0 Å². The summed E-state index contributed by atoms with van der Waals surface area (Å²) in [4.78, 5) is 22.2. The summed E-state index contributed by atoms with van der Waals surface area (Å²) in [6, 6.07) is 20.4. The van der Waals surface area contributed by atoms with Gasteiger partial charge in [0.05, 0.1) is 0 Å². The molecule has 5 nitrogen and oxygen atoms in total. The van der Waals surface area contributed by atoms with Gasteiger partial charge in [-0.25, -0.2) is 0 Å². The van der Waals surface area contributed by atoms with Gasteiger partial charge in [0, 0.05) is 38.4 Å². The molecule has 0 radical (unpaired) electrons. The van der Waals surface area contributed by atoms with Crippen LogP contribution in [0.25, 0.3) is 39.5 Å². The molecule has 146 valence electrons. The summed E-state index contributed by atoms with van der Waals surface area (Å²) in [6.45, 7) is 0. The Morgan fingerprint density at radius 2 is 1.70 bits per heavy atom. The van der Waals surface area contributed by atoms with Crippen LogP contribution >= 0.6 is 27.5 Å². The molecule has 0 N–H and O–H groups in total. The number of pyridine rings is 2. The SMILES string of the molecule is O=c1c2ncccc2c(Br)cn1-c1nc(-c2ccc(Cl)cc2)oc1-c1ccccc1. The first-order chi connectivity index (χ1) is 14.6. The van der Waals surface area contributed by atoms with Gasteiger partial charge in [-0.3, -0.25) is 14.3 Å². The van der Waals surface area contributed by atoms with E-state index < -0.39 is 0 Å². The lowest BCUT2D eigenvalue weighted by atomic mass is 10.2. The first-order valence-corrected chi connectivity index (χ1v) is 10.3. The number of nitrogens with zero attached hydrogens (tertiary/aromatic N) is 3. The maximum atomic E-state index is 13.2. The van der Waals surface area contributed by atoms with E-state index in [0.717, 1.165) is 21.0 Å². The van der Waals surface area contributed by atoms with Crippen LogP contribution in [0.3, 0.4) is 0 Å². The molecule has 3 heterocycles. The summed E-state index contributed by atoms with van der Waals surface area (Å²) in [5.41, 5.74) is 1.64. The number of rotatable bonds is 3. The summed E-state index contributed by atoms with van der Waals surface area (Å²) in [7, 11) is 0. The molecule has 0 aliphatic rings. The van der Waals surface area contributed by atoms with Gasteiger partial charge in [0.2, 0.25) is 5.89 Å². The zero-order valence-corrected chi connectivity index (χ0v) is 17.8. The fraction of sp³-hybridized carbons (Fsp3) is 0. The molecule has 2 aromatic carbocycles. The van der Waals surface area contributed by atoms with E-state index in [-0.39, 0.29) is 5.56 Å². The predicted octanol–water partition coefficient (Wildman–Crippen LogP) is 6.12. The Bertz CT molecular complexity index is 1430. The fourth-order valence-electron chi connectivity index (χ4n) is 3.25. The second kappa shape index (κ2) is 7.55. The van der Waals surface area contributed by atoms with E-state index in [2.05, 4.69) is 25.9 Å². The van der Waals surface area contributed by atoms with Crippen molar-refractivity contribution in [1.82, 2.24) is 14.5 Å². The van der Waals surface area contributed by atoms with Gasteiger partial charge in [-0.1, -0.05) is 41.9 Å². The highest BCUT2D eigenvalue weighted by molar-refractivity contribution is 9.10. The highest BCUT2D eigenvalue weighted by atomic mass is 79.9. The second-order valence-electron chi connectivity index (χ2n) is 6.60. The van der Waals surface area contributed by atoms with Crippen molar-refractivity contribution in [2.75, 3.05) is 0 Å². The predicted molar refractivity (Wildman–Crippen MR) is 121 cm³/mol. The van der Waals surface area contributed by atoms with E-state index >= 15 is 0 Å². The van der Waals surface area contributed by atoms with Crippen molar-refractivity contribution in [3.63, 3.8) is 0 Å². The highest BCUT2D eigenvalue weighted by Crippen LogP contribution is 2.33. The number of halogens is 2. The molecule has 0 atom stereocenters. The first-order valence-electron chi connectivity index (χ1n) is 9.10. The average Bonchev–Trinajstić information content (AvgIpc) is 3.22. The van der Waals surface area contributed by atoms with Crippen molar-refractivity contribution >= 4 is 38.4 Å². The Labute approximate surface area is 184 Å². The van der Waals surface area contributed by atoms with E-state index in [1.807, 2.05) is 48.5 Å². The zero-order chi connectivity index (χ0) is 20.7. The van der Waals surface area contributed by atoms with Crippen LogP contribution < -0.4 is 5.56 Å². The van der Waals surface area contributed by atoms with E-state index in [1.165, 1.54) is 4.57 Å². The first kappa shape index (κ1) is 18.8. The van der Waals surface area contributed by atoms with E-state index in [9.17, 15) is 4.79 Å². The van der Waals surface area contributed by atoms with Crippen molar-refractivity contribution in [2.45, 2.75) is 0 Å². The molecule has 0 fully saturated rings. The Hall–Kier alpha value is -3.22. The largest absolute Gasteiger partial charge is 0.434 e. The lowest BCUT2D eigenvalue weighted by molar-refractivity contribution is 0.588. The number of fused-ring (bicyclic) bond motifs is 1. The third kappa shape index (κ3) is 3.24. The van der Waals surface area contributed by atoms with Gasteiger partial charge >= 0.3 is 0 Å². The molecule has 0 saturated carbocycles. The Morgan fingerprint density at radius 1 is 0.933 bits per heavy atom. The lowest BCUT2D eigenvalue weighted by Crippen LogP contribution is -2.20. The van der Waals surface area contributed by atoms with Crippen molar-refractivity contribution in [3.05, 3.63) is 99.0 Å².